The van der Waals surface area contributed by atoms with Gasteiger partial charge in [0.05, 0.1) is 4.90 Å². The van der Waals surface area contributed by atoms with Gasteiger partial charge in [0, 0.05) is 13.1 Å². The van der Waals surface area contributed by atoms with E-state index < -0.39 is 10.0 Å². The molecule has 4 heteroatoms. The molecule has 0 aliphatic heterocycles. The zero-order chi connectivity index (χ0) is 17.9. The number of hydrogen-bond acceptors (Lipinski definition) is 2. The zero-order valence-electron chi connectivity index (χ0n) is 15.8. The Bertz CT molecular complexity index is 572. The first kappa shape index (κ1) is 20.2. The molecule has 0 saturated carbocycles. The first-order valence-corrected chi connectivity index (χ1v) is 9.82. The van der Waals surface area contributed by atoms with E-state index in [0.29, 0.717) is 18.0 Å². The number of nitrogens with zero attached hydrogens (tertiary/aromatic N) is 1. The Hall–Kier alpha value is -0.870. The van der Waals surface area contributed by atoms with Gasteiger partial charge in [0.15, 0.2) is 0 Å². The zero-order valence-corrected chi connectivity index (χ0v) is 16.6. The van der Waals surface area contributed by atoms with Gasteiger partial charge < -0.3 is 0 Å². The van der Waals surface area contributed by atoms with Crippen LogP contribution in [0.15, 0.2) is 29.2 Å². The number of benzene rings is 1. The van der Waals surface area contributed by atoms with Crippen LogP contribution in [0, 0.1) is 17.8 Å². The van der Waals surface area contributed by atoms with E-state index in [1.165, 1.54) is 0 Å². The largest absolute Gasteiger partial charge is 0.243 e. The molecule has 0 aliphatic carbocycles. The van der Waals surface area contributed by atoms with Crippen LogP contribution in [0.1, 0.15) is 59.9 Å². The van der Waals surface area contributed by atoms with Gasteiger partial charge in [0.2, 0.25) is 10.0 Å². The van der Waals surface area contributed by atoms with E-state index >= 15 is 0 Å². The minimum Gasteiger partial charge on any atom is -0.207 e. The van der Waals surface area contributed by atoms with Crippen molar-refractivity contribution < 1.29 is 8.42 Å². The van der Waals surface area contributed by atoms with E-state index in [1.54, 1.807) is 16.4 Å². The summed E-state index contributed by atoms with van der Waals surface area (Å²) in [5.74, 6) is 0. The van der Waals surface area contributed by atoms with Crippen molar-refractivity contribution in [3.8, 4) is 0 Å². The summed E-state index contributed by atoms with van der Waals surface area (Å²) < 4.78 is 27.7. The Labute approximate surface area is 143 Å². The highest BCUT2D eigenvalue weighted by Gasteiger charge is 2.27. The fourth-order valence-electron chi connectivity index (χ4n) is 2.13. The first-order chi connectivity index (χ1) is 10.3. The quantitative estimate of drug-likeness (QED) is 0.742. The van der Waals surface area contributed by atoms with Crippen LogP contribution in [-0.4, -0.2) is 25.8 Å². The highest BCUT2D eigenvalue weighted by molar-refractivity contribution is 7.89. The normalized spacial score (nSPS) is 13.6. The molecule has 0 heterocycles. The van der Waals surface area contributed by atoms with Gasteiger partial charge in [-0.25, -0.2) is 8.42 Å². The third kappa shape index (κ3) is 7.05. The average Bonchev–Trinajstić information content (AvgIpc) is 2.36. The smallest absolute Gasteiger partial charge is 0.207 e. The lowest BCUT2D eigenvalue weighted by molar-refractivity contribution is 0.275. The lowest BCUT2D eigenvalue weighted by Crippen LogP contribution is -2.36. The Morgan fingerprint density at radius 3 is 1.57 bits per heavy atom. The summed E-state index contributed by atoms with van der Waals surface area (Å²) in [6.45, 7) is 16.0. The summed E-state index contributed by atoms with van der Waals surface area (Å²) in [4.78, 5) is 0.394. The second kappa shape index (κ2) is 7.35. The average molecular weight is 340 g/mol. The van der Waals surface area contributed by atoms with Gasteiger partial charge in [-0.3, -0.25) is 0 Å². The maximum absolute atomic E-state index is 13.0. The highest BCUT2D eigenvalue weighted by Crippen LogP contribution is 2.25. The van der Waals surface area contributed by atoms with Crippen molar-refractivity contribution in [3.05, 3.63) is 29.8 Å². The predicted molar refractivity (Wildman–Crippen MR) is 98.1 cm³/mol. The molecule has 0 amide bonds. The summed E-state index contributed by atoms with van der Waals surface area (Å²) in [5.41, 5.74) is 1.30. The van der Waals surface area contributed by atoms with Crippen LogP contribution < -0.4 is 0 Å². The molecule has 0 radical (unpaired) electrons. The standard InChI is InChI=1S/C19H33NO2S/c1-16-8-10-17(11-9-16)23(21,22)20(14-12-18(2,3)4)15-13-19(5,6)7/h8-11H,12-15H2,1-7H3. The predicted octanol–water partition coefficient (Wildman–Crippen LogP) is 4.86. The van der Waals surface area contributed by atoms with Gasteiger partial charge in [-0.05, 0) is 42.7 Å². The summed E-state index contributed by atoms with van der Waals surface area (Å²) in [5, 5.41) is 0. The number of rotatable bonds is 6. The Balaban J connectivity index is 3.02. The van der Waals surface area contributed by atoms with Crippen molar-refractivity contribution in [2.24, 2.45) is 10.8 Å². The molecular weight excluding hydrogens is 306 g/mol. The Morgan fingerprint density at radius 1 is 0.826 bits per heavy atom. The van der Waals surface area contributed by atoms with Gasteiger partial charge in [-0.2, -0.15) is 4.31 Å². The fourth-order valence-corrected chi connectivity index (χ4v) is 3.57. The van der Waals surface area contributed by atoms with Crippen LogP contribution in [0.4, 0.5) is 0 Å². The highest BCUT2D eigenvalue weighted by atomic mass is 32.2. The molecule has 1 aromatic carbocycles. The third-order valence-corrected chi connectivity index (χ3v) is 5.79. The maximum Gasteiger partial charge on any atom is 0.243 e. The molecular formula is C19H33NO2S. The fraction of sp³-hybridized carbons (Fsp3) is 0.684. The maximum atomic E-state index is 13.0. The lowest BCUT2D eigenvalue weighted by atomic mass is 9.91. The second-order valence-electron chi connectivity index (χ2n) is 8.84. The van der Waals surface area contributed by atoms with Crippen LogP contribution in [0.2, 0.25) is 0 Å². The minimum absolute atomic E-state index is 0.114. The molecule has 1 rings (SSSR count). The molecule has 0 atom stereocenters. The molecule has 0 unspecified atom stereocenters. The van der Waals surface area contributed by atoms with E-state index in [-0.39, 0.29) is 10.8 Å². The van der Waals surface area contributed by atoms with Gasteiger partial charge in [0.1, 0.15) is 0 Å². The van der Waals surface area contributed by atoms with Crippen molar-refractivity contribution in [1.82, 2.24) is 4.31 Å². The molecule has 0 N–H and O–H groups in total. The van der Waals surface area contributed by atoms with Crippen molar-refractivity contribution >= 4 is 10.0 Å². The van der Waals surface area contributed by atoms with Gasteiger partial charge in [-0.1, -0.05) is 59.2 Å². The SMILES string of the molecule is Cc1ccc(S(=O)(=O)N(CCC(C)(C)C)CCC(C)(C)C)cc1. The van der Waals surface area contributed by atoms with E-state index in [9.17, 15) is 8.42 Å². The Kier molecular flexibility index (Phi) is 6.45. The summed E-state index contributed by atoms with van der Waals surface area (Å²) in [7, 11) is -3.43. The molecule has 1 aromatic rings. The summed E-state index contributed by atoms with van der Waals surface area (Å²) in [6.07, 6.45) is 1.70. The molecule has 0 bridgehead atoms. The second-order valence-corrected chi connectivity index (χ2v) is 10.8. The van der Waals surface area contributed by atoms with Crippen molar-refractivity contribution in [3.63, 3.8) is 0 Å². The topological polar surface area (TPSA) is 37.4 Å². The van der Waals surface area contributed by atoms with E-state index in [1.807, 2.05) is 19.1 Å². The first-order valence-electron chi connectivity index (χ1n) is 8.38. The van der Waals surface area contributed by atoms with Crippen LogP contribution in [0.3, 0.4) is 0 Å². The van der Waals surface area contributed by atoms with Crippen LogP contribution in [0.25, 0.3) is 0 Å². The monoisotopic (exact) mass is 339 g/mol. The molecule has 0 aromatic heterocycles. The van der Waals surface area contributed by atoms with E-state index in [2.05, 4.69) is 41.5 Å². The number of sulfonamides is 1. The number of aryl methyl sites for hydroxylation is 1. The molecule has 0 saturated heterocycles. The molecule has 0 fully saturated rings. The molecule has 132 valence electrons. The summed E-state index contributed by atoms with van der Waals surface area (Å²) >= 11 is 0. The molecule has 3 nitrogen and oxygen atoms in total. The van der Waals surface area contributed by atoms with Gasteiger partial charge in [-0.15, -0.1) is 0 Å². The summed E-state index contributed by atoms with van der Waals surface area (Å²) in [6, 6.07) is 7.15. The van der Waals surface area contributed by atoms with Crippen molar-refractivity contribution in [2.75, 3.05) is 13.1 Å². The van der Waals surface area contributed by atoms with Crippen LogP contribution in [-0.2, 0) is 10.0 Å². The lowest BCUT2D eigenvalue weighted by Gasteiger charge is -2.29. The number of hydrogen-bond donors (Lipinski definition) is 0. The molecule has 0 spiro atoms. The van der Waals surface area contributed by atoms with E-state index in [4.69, 9.17) is 0 Å². The van der Waals surface area contributed by atoms with Gasteiger partial charge >= 0.3 is 0 Å². The molecule has 23 heavy (non-hydrogen) atoms. The third-order valence-electron chi connectivity index (χ3n) is 3.88. The van der Waals surface area contributed by atoms with Crippen molar-refractivity contribution in [1.29, 1.82) is 0 Å². The van der Waals surface area contributed by atoms with Crippen LogP contribution >= 0.6 is 0 Å². The van der Waals surface area contributed by atoms with Gasteiger partial charge in [0.25, 0.3) is 0 Å². The van der Waals surface area contributed by atoms with E-state index in [0.717, 1.165) is 18.4 Å². The van der Waals surface area contributed by atoms with Crippen LogP contribution in [0.5, 0.6) is 0 Å². The Morgan fingerprint density at radius 2 is 1.22 bits per heavy atom. The molecule has 0 aliphatic rings. The minimum atomic E-state index is -3.43. The van der Waals surface area contributed by atoms with Crippen molar-refractivity contribution in [2.45, 2.75) is 66.2 Å².